The third-order valence-electron chi connectivity index (χ3n) is 11.5. The fraction of sp³-hybridized carbons (Fsp3) is 0.0588. The first-order valence-electron chi connectivity index (χ1n) is 18.7. The predicted octanol–water partition coefficient (Wildman–Crippen LogP) is 14.6. The van der Waals surface area contributed by atoms with Crippen LogP contribution >= 0.6 is 11.3 Å². The Morgan fingerprint density at radius 2 is 1.15 bits per heavy atom. The molecule has 1 aliphatic carbocycles. The number of aromatic nitrogens is 1. The third-order valence-corrected chi connectivity index (χ3v) is 12.8. The molecule has 0 radical (unpaired) electrons. The standard InChI is InChI=1S/C51H36N2S/c1-51(2)42-26-9-6-20-37(42)39-24-14-30-46(49(39)51)53(35-19-12-16-33(32-35)36-23-13-25-40-38-21-8-11-31-47(38)54-50(36)40)45-29-15-28-44-48(45)41-22-7-10-27-43(41)52(44)34-17-4-3-5-18-34/h3-32H,1-2H3. The normalized spacial score (nSPS) is 13.1. The van der Waals surface area contributed by atoms with Crippen LogP contribution in [0.2, 0.25) is 0 Å². The van der Waals surface area contributed by atoms with Gasteiger partial charge < -0.3 is 9.47 Å². The summed E-state index contributed by atoms with van der Waals surface area (Å²) in [7, 11) is 0. The molecule has 0 aliphatic heterocycles. The SMILES string of the molecule is CC1(C)c2ccccc2-c2cccc(N(c3cccc(-c4cccc5c4sc4ccccc45)c3)c3cccc4c3c3ccccc3n4-c3ccccc3)c21. The van der Waals surface area contributed by atoms with Crippen LogP contribution in [0.15, 0.2) is 182 Å². The minimum absolute atomic E-state index is 0.201. The number of thiophene rings is 1. The Balaban J connectivity index is 1.22. The number of hydrogen-bond acceptors (Lipinski definition) is 2. The van der Waals surface area contributed by atoms with Crippen LogP contribution in [0.25, 0.3) is 69.9 Å². The molecule has 0 unspecified atom stereocenters. The maximum atomic E-state index is 2.55. The lowest BCUT2D eigenvalue weighted by Gasteiger charge is -2.33. The van der Waals surface area contributed by atoms with Crippen molar-refractivity contribution < 1.29 is 0 Å². The average molecular weight is 709 g/mol. The molecule has 1 aliphatic rings. The zero-order valence-electron chi connectivity index (χ0n) is 30.1. The van der Waals surface area contributed by atoms with Crippen LogP contribution in [0, 0.1) is 0 Å². The largest absolute Gasteiger partial charge is 0.309 e. The van der Waals surface area contributed by atoms with E-state index in [9.17, 15) is 0 Å². The zero-order chi connectivity index (χ0) is 36.0. The molecule has 0 saturated carbocycles. The van der Waals surface area contributed by atoms with Gasteiger partial charge in [-0.05, 0) is 88.0 Å². The van der Waals surface area contributed by atoms with Crippen molar-refractivity contribution in [1.29, 1.82) is 0 Å². The molecule has 2 heterocycles. The Labute approximate surface area is 318 Å². The van der Waals surface area contributed by atoms with E-state index in [1.165, 1.54) is 81.0 Å². The molecule has 256 valence electrons. The number of benzene rings is 8. The lowest BCUT2D eigenvalue weighted by Crippen LogP contribution is -2.20. The second kappa shape index (κ2) is 11.8. The van der Waals surface area contributed by atoms with Crippen LogP contribution in [0.4, 0.5) is 17.1 Å². The van der Waals surface area contributed by atoms with E-state index in [0.29, 0.717) is 0 Å². The molecule has 2 nitrogen and oxygen atoms in total. The van der Waals surface area contributed by atoms with Gasteiger partial charge >= 0.3 is 0 Å². The summed E-state index contributed by atoms with van der Waals surface area (Å²) < 4.78 is 5.06. The van der Waals surface area contributed by atoms with E-state index in [1.54, 1.807) is 0 Å². The van der Waals surface area contributed by atoms with Crippen molar-refractivity contribution in [3.05, 3.63) is 193 Å². The highest BCUT2D eigenvalue weighted by molar-refractivity contribution is 7.26. The van der Waals surface area contributed by atoms with Crippen molar-refractivity contribution >= 4 is 70.4 Å². The van der Waals surface area contributed by atoms with Crippen LogP contribution in [-0.2, 0) is 5.41 Å². The number of anilines is 3. The van der Waals surface area contributed by atoms with Gasteiger partial charge in [0.15, 0.2) is 0 Å². The molecule has 0 atom stereocenters. The Hall–Kier alpha value is -6.42. The van der Waals surface area contributed by atoms with Crippen LogP contribution in [0.5, 0.6) is 0 Å². The summed E-state index contributed by atoms with van der Waals surface area (Å²) in [6.07, 6.45) is 0. The van der Waals surface area contributed by atoms with Gasteiger partial charge in [-0.25, -0.2) is 0 Å². The predicted molar refractivity (Wildman–Crippen MR) is 231 cm³/mol. The summed E-state index contributed by atoms with van der Waals surface area (Å²) in [6, 6.07) is 67.0. The maximum Gasteiger partial charge on any atom is 0.0562 e. The summed E-state index contributed by atoms with van der Waals surface area (Å²) in [6.45, 7) is 4.78. The number of hydrogen-bond donors (Lipinski definition) is 0. The van der Waals surface area contributed by atoms with E-state index < -0.39 is 0 Å². The monoisotopic (exact) mass is 708 g/mol. The van der Waals surface area contributed by atoms with Crippen molar-refractivity contribution in [1.82, 2.24) is 4.57 Å². The first kappa shape index (κ1) is 31.1. The van der Waals surface area contributed by atoms with Gasteiger partial charge in [-0.15, -0.1) is 11.3 Å². The van der Waals surface area contributed by atoms with Gasteiger partial charge in [0.05, 0.1) is 22.4 Å². The fourth-order valence-corrected chi connectivity index (χ4v) is 10.5. The fourth-order valence-electron chi connectivity index (χ4n) is 9.24. The highest BCUT2D eigenvalue weighted by Gasteiger charge is 2.39. The number of nitrogens with zero attached hydrogens (tertiary/aromatic N) is 2. The molecule has 0 N–H and O–H groups in total. The summed E-state index contributed by atoms with van der Waals surface area (Å²) in [5.74, 6) is 0. The highest BCUT2D eigenvalue weighted by Crippen LogP contribution is 2.55. The molecule has 2 aromatic heterocycles. The van der Waals surface area contributed by atoms with Gasteiger partial charge in [0.1, 0.15) is 0 Å². The van der Waals surface area contributed by atoms with E-state index in [1.807, 2.05) is 11.3 Å². The van der Waals surface area contributed by atoms with Crippen LogP contribution in [0.1, 0.15) is 25.0 Å². The molecular weight excluding hydrogens is 673 g/mol. The molecule has 0 saturated heterocycles. The zero-order valence-corrected chi connectivity index (χ0v) is 30.9. The molecule has 0 spiro atoms. The molecule has 0 bridgehead atoms. The van der Waals surface area contributed by atoms with E-state index in [4.69, 9.17) is 0 Å². The summed E-state index contributed by atoms with van der Waals surface area (Å²) in [4.78, 5) is 2.55. The smallest absolute Gasteiger partial charge is 0.0562 e. The molecule has 54 heavy (non-hydrogen) atoms. The lowest BCUT2D eigenvalue weighted by molar-refractivity contribution is 0.661. The van der Waals surface area contributed by atoms with E-state index in [-0.39, 0.29) is 5.41 Å². The van der Waals surface area contributed by atoms with Gasteiger partial charge in [-0.1, -0.05) is 141 Å². The molecule has 11 rings (SSSR count). The number of para-hydroxylation sites is 2. The topological polar surface area (TPSA) is 8.17 Å². The Bertz CT molecular complexity index is 3090. The van der Waals surface area contributed by atoms with E-state index in [0.717, 1.165) is 17.1 Å². The molecule has 8 aromatic carbocycles. The molecule has 10 aromatic rings. The summed E-state index contributed by atoms with van der Waals surface area (Å²) in [5.41, 5.74) is 14.7. The van der Waals surface area contributed by atoms with Gasteiger partial charge in [0.25, 0.3) is 0 Å². The number of rotatable bonds is 5. The summed E-state index contributed by atoms with van der Waals surface area (Å²) >= 11 is 1.89. The third kappa shape index (κ3) is 4.46. The van der Waals surface area contributed by atoms with Gasteiger partial charge in [0.2, 0.25) is 0 Å². The van der Waals surface area contributed by atoms with Crippen LogP contribution in [0.3, 0.4) is 0 Å². The van der Waals surface area contributed by atoms with Crippen LogP contribution in [-0.4, -0.2) is 4.57 Å². The average Bonchev–Trinajstić information content (AvgIpc) is 3.85. The highest BCUT2D eigenvalue weighted by atomic mass is 32.1. The van der Waals surface area contributed by atoms with Gasteiger partial charge in [-0.3, -0.25) is 0 Å². The lowest BCUT2D eigenvalue weighted by atomic mass is 9.81. The van der Waals surface area contributed by atoms with Crippen molar-refractivity contribution in [3.8, 4) is 27.9 Å². The summed E-state index contributed by atoms with van der Waals surface area (Å²) in [5, 5.41) is 5.10. The van der Waals surface area contributed by atoms with Crippen molar-refractivity contribution in [3.63, 3.8) is 0 Å². The van der Waals surface area contributed by atoms with Crippen LogP contribution < -0.4 is 4.90 Å². The quantitative estimate of drug-likeness (QED) is 0.173. The minimum Gasteiger partial charge on any atom is -0.309 e. The van der Waals surface area contributed by atoms with Gasteiger partial charge in [-0.2, -0.15) is 0 Å². The second-order valence-corrected chi connectivity index (χ2v) is 15.9. The van der Waals surface area contributed by atoms with Gasteiger partial charge in [0, 0.05) is 47.7 Å². The molecular formula is C51H36N2S. The van der Waals surface area contributed by atoms with E-state index in [2.05, 4.69) is 205 Å². The first-order chi connectivity index (χ1) is 26.6. The Morgan fingerprint density at radius 1 is 0.500 bits per heavy atom. The van der Waals surface area contributed by atoms with E-state index >= 15 is 0 Å². The molecule has 3 heteroatoms. The van der Waals surface area contributed by atoms with Crippen molar-refractivity contribution in [2.45, 2.75) is 19.3 Å². The van der Waals surface area contributed by atoms with Crippen molar-refractivity contribution in [2.75, 3.05) is 4.90 Å². The maximum absolute atomic E-state index is 2.55. The molecule has 0 amide bonds. The minimum atomic E-state index is -0.201. The number of fused-ring (bicyclic) bond motifs is 9. The second-order valence-electron chi connectivity index (χ2n) is 14.9. The molecule has 0 fully saturated rings. The Morgan fingerprint density at radius 3 is 2.06 bits per heavy atom. The van der Waals surface area contributed by atoms with Crippen molar-refractivity contribution in [2.24, 2.45) is 0 Å². The Kier molecular flexibility index (Phi) is 6.80. The first-order valence-corrected chi connectivity index (χ1v) is 19.5.